The van der Waals surface area contributed by atoms with Crippen LogP contribution in [0.15, 0.2) is 35.7 Å². The Hall–Kier alpha value is -1.68. The van der Waals surface area contributed by atoms with Gasteiger partial charge in [0.1, 0.15) is 5.82 Å². The quantitative estimate of drug-likeness (QED) is 0.889. The van der Waals surface area contributed by atoms with Gasteiger partial charge in [0.05, 0.1) is 11.6 Å². The molecular formula is C15H14FNOS. The number of hydrogen-bond acceptors (Lipinski definition) is 2. The zero-order valence-corrected chi connectivity index (χ0v) is 11.2. The molecule has 0 radical (unpaired) electrons. The second-order valence-electron chi connectivity index (χ2n) is 4.70. The summed E-state index contributed by atoms with van der Waals surface area (Å²) in [5.74, 6) is -0.802. The summed E-state index contributed by atoms with van der Waals surface area (Å²) in [5.41, 5.74) is 1.31. The first-order chi connectivity index (χ1) is 9.25. The van der Waals surface area contributed by atoms with Gasteiger partial charge in [0.2, 0.25) is 0 Å². The molecule has 1 aromatic heterocycles. The van der Waals surface area contributed by atoms with Gasteiger partial charge in [-0.1, -0.05) is 12.1 Å². The van der Waals surface area contributed by atoms with Crippen LogP contribution in [0.1, 0.15) is 39.7 Å². The number of benzene rings is 1. The highest BCUT2D eigenvalue weighted by Gasteiger charge is 2.23. The van der Waals surface area contributed by atoms with E-state index in [0.29, 0.717) is 0 Å². The summed E-state index contributed by atoms with van der Waals surface area (Å²) in [6.45, 7) is 0. The number of aryl methyl sites for hydroxylation is 1. The molecule has 1 heterocycles. The van der Waals surface area contributed by atoms with Crippen molar-refractivity contribution < 1.29 is 9.18 Å². The Morgan fingerprint density at radius 1 is 1.32 bits per heavy atom. The molecule has 1 aromatic carbocycles. The predicted molar refractivity (Wildman–Crippen MR) is 73.9 cm³/mol. The second kappa shape index (κ2) is 5.13. The Morgan fingerprint density at radius 3 is 3.00 bits per heavy atom. The van der Waals surface area contributed by atoms with Crippen molar-refractivity contribution in [3.05, 3.63) is 57.5 Å². The largest absolute Gasteiger partial charge is 0.345 e. The average molecular weight is 275 g/mol. The first kappa shape index (κ1) is 12.4. The highest BCUT2D eigenvalue weighted by Crippen LogP contribution is 2.33. The minimum atomic E-state index is -0.471. The van der Waals surface area contributed by atoms with E-state index in [-0.39, 0.29) is 17.5 Å². The van der Waals surface area contributed by atoms with E-state index in [1.165, 1.54) is 22.6 Å². The molecule has 0 aliphatic heterocycles. The maximum Gasteiger partial charge on any atom is 0.254 e. The van der Waals surface area contributed by atoms with Gasteiger partial charge < -0.3 is 5.32 Å². The fourth-order valence-electron chi connectivity index (χ4n) is 2.52. The lowest BCUT2D eigenvalue weighted by Gasteiger charge is -2.23. The molecule has 1 atom stereocenters. The first-order valence-electron chi connectivity index (χ1n) is 6.37. The zero-order valence-electron chi connectivity index (χ0n) is 10.4. The molecule has 4 heteroatoms. The van der Waals surface area contributed by atoms with E-state index >= 15 is 0 Å². The van der Waals surface area contributed by atoms with E-state index < -0.39 is 5.82 Å². The van der Waals surface area contributed by atoms with Gasteiger partial charge in [0, 0.05) is 4.88 Å². The van der Waals surface area contributed by atoms with Gasteiger partial charge in [-0.2, -0.15) is 0 Å². The van der Waals surface area contributed by atoms with Crippen molar-refractivity contribution in [3.8, 4) is 0 Å². The normalized spacial score (nSPS) is 17.8. The predicted octanol–water partition coefficient (Wildman–Crippen LogP) is 3.69. The first-order valence-corrected chi connectivity index (χ1v) is 7.25. The molecule has 2 nitrogen and oxygen atoms in total. The number of carbonyl (C=O) groups is 1. The van der Waals surface area contributed by atoms with E-state index in [4.69, 9.17) is 0 Å². The van der Waals surface area contributed by atoms with Crippen molar-refractivity contribution in [2.45, 2.75) is 25.3 Å². The van der Waals surface area contributed by atoms with Crippen LogP contribution in [0.2, 0.25) is 0 Å². The molecule has 0 saturated carbocycles. The highest BCUT2D eigenvalue weighted by molar-refractivity contribution is 7.10. The van der Waals surface area contributed by atoms with E-state index in [0.717, 1.165) is 19.3 Å². The zero-order chi connectivity index (χ0) is 13.2. The van der Waals surface area contributed by atoms with Crippen molar-refractivity contribution in [3.63, 3.8) is 0 Å². The number of halogens is 1. The summed E-state index contributed by atoms with van der Waals surface area (Å²) in [6.07, 6.45) is 3.07. The fourth-order valence-corrected chi connectivity index (χ4v) is 3.51. The second-order valence-corrected chi connectivity index (χ2v) is 5.70. The third-order valence-corrected chi connectivity index (χ3v) is 4.47. The number of rotatable bonds is 2. The summed E-state index contributed by atoms with van der Waals surface area (Å²) >= 11 is 1.73. The molecule has 2 aromatic rings. The molecule has 0 fully saturated rings. The van der Waals surface area contributed by atoms with Crippen molar-refractivity contribution in [1.82, 2.24) is 5.32 Å². The molecule has 0 saturated heterocycles. The van der Waals surface area contributed by atoms with Crippen LogP contribution in [0, 0.1) is 5.82 Å². The van der Waals surface area contributed by atoms with Crippen LogP contribution >= 0.6 is 11.3 Å². The third-order valence-electron chi connectivity index (χ3n) is 3.48. The molecule has 98 valence electrons. The maximum absolute atomic E-state index is 13.6. The molecule has 1 unspecified atom stereocenters. The van der Waals surface area contributed by atoms with Crippen LogP contribution in [0.4, 0.5) is 4.39 Å². The minimum Gasteiger partial charge on any atom is -0.345 e. The Bertz CT molecular complexity index is 608. The van der Waals surface area contributed by atoms with Crippen molar-refractivity contribution in [2.75, 3.05) is 0 Å². The summed E-state index contributed by atoms with van der Waals surface area (Å²) in [6, 6.07) is 8.17. The minimum absolute atomic E-state index is 0.0158. The number of fused-ring (bicyclic) bond motifs is 1. The lowest BCUT2D eigenvalue weighted by atomic mass is 9.94. The molecule has 1 N–H and O–H groups in total. The van der Waals surface area contributed by atoms with Gasteiger partial charge in [0.25, 0.3) is 5.91 Å². The Morgan fingerprint density at radius 2 is 2.16 bits per heavy atom. The summed E-state index contributed by atoms with van der Waals surface area (Å²) in [5, 5.41) is 5.00. The summed E-state index contributed by atoms with van der Waals surface area (Å²) < 4.78 is 13.6. The van der Waals surface area contributed by atoms with Crippen LogP contribution in [-0.2, 0) is 6.42 Å². The third kappa shape index (κ3) is 2.40. The Labute approximate surface area is 115 Å². The van der Waals surface area contributed by atoms with Gasteiger partial charge >= 0.3 is 0 Å². The van der Waals surface area contributed by atoms with Gasteiger partial charge in [-0.05, 0) is 48.4 Å². The lowest BCUT2D eigenvalue weighted by Crippen LogP contribution is -2.30. The van der Waals surface area contributed by atoms with Crippen molar-refractivity contribution >= 4 is 17.2 Å². The van der Waals surface area contributed by atoms with Crippen LogP contribution in [-0.4, -0.2) is 5.91 Å². The molecule has 3 rings (SSSR count). The monoisotopic (exact) mass is 275 g/mol. The molecule has 0 spiro atoms. The molecular weight excluding hydrogens is 261 g/mol. The summed E-state index contributed by atoms with van der Waals surface area (Å²) in [7, 11) is 0. The van der Waals surface area contributed by atoms with E-state index in [1.807, 2.05) is 0 Å². The van der Waals surface area contributed by atoms with E-state index in [2.05, 4.69) is 16.8 Å². The van der Waals surface area contributed by atoms with Gasteiger partial charge in [-0.25, -0.2) is 4.39 Å². The topological polar surface area (TPSA) is 29.1 Å². The van der Waals surface area contributed by atoms with E-state index in [9.17, 15) is 9.18 Å². The number of carbonyl (C=O) groups excluding carboxylic acids is 1. The maximum atomic E-state index is 13.6. The van der Waals surface area contributed by atoms with Crippen molar-refractivity contribution in [1.29, 1.82) is 0 Å². The van der Waals surface area contributed by atoms with Crippen molar-refractivity contribution in [2.24, 2.45) is 0 Å². The molecule has 1 amide bonds. The fraction of sp³-hybridized carbons (Fsp3) is 0.267. The lowest BCUT2D eigenvalue weighted by molar-refractivity contribution is 0.0929. The number of nitrogens with one attached hydrogen (secondary N) is 1. The number of thiophene rings is 1. The molecule has 1 aliphatic carbocycles. The van der Waals surface area contributed by atoms with Gasteiger partial charge in [0.15, 0.2) is 0 Å². The van der Waals surface area contributed by atoms with Crippen LogP contribution in [0.25, 0.3) is 0 Å². The Kier molecular flexibility index (Phi) is 3.34. The molecule has 0 bridgehead atoms. The van der Waals surface area contributed by atoms with Crippen LogP contribution < -0.4 is 5.32 Å². The van der Waals surface area contributed by atoms with Gasteiger partial charge in [-0.15, -0.1) is 11.3 Å². The standard InChI is InChI=1S/C15H14FNOS/c16-12-5-2-1-4-10(12)15(18)17-13-6-3-7-14-11(13)8-9-19-14/h1-2,4-5,8-9,13H,3,6-7H2,(H,17,18). The smallest absolute Gasteiger partial charge is 0.254 e. The number of amides is 1. The number of hydrogen-bond donors (Lipinski definition) is 1. The Balaban J connectivity index is 1.80. The highest BCUT2D eigenvalue weighted by atomic mass is 32.1. The molecule has 19 heavy (non-hydrogen) atoms. The SMILES string of the molecule is O=C(NC1CCCc2sccc21)c1ccccc1F. The average Bonchev–Trinajstić information content (AvgIpc) is 2.88. The van der Waals surface area contributed by atoms with Crippen LogP contribution in [0.5, 0.6) is 0 Å². The summed E-state index contributed by atoms with van der Waals surface area (Å²) in [4.78, 5) is 13.5. The van der Waals surface area contributed by atoms with E-state index in [1.54, 1.807) is 23.5 Å². The van der Waals surface area contributed by atoms with Gasteiger partial charge in [-0.3, -0.25) is 4.79 Å². The molecule has 1 aliphatic rings. The van der Waals surface area contributed by atoms with Crippen LogP contribution in [0.3, 0.4) is 0 Å².